The van der Waals surface area contributed by atoms with Crippen LogP contribution < -0.4 is 10.6 Å². The van der Waals surface area contributed by atoms with Crippen LogP contribution in [0.25, 0.3) is 6.08 Å². The Labute approximate surface area is 172 Å². The first-order valence-corrected chi connectivity index (χ1v) is 9.53. The Morgan fingerprint density at radius 2 is 1.54 bits per heavy atom. The van der Waals surface area contributed by atoms with Gasteiger partial charge < -0.3 is 10.6 Å². The molecule has 0 fully saturated rings. The standard InChI is InChI=1S/C23H19BrN2O2/c1-16-14-19(12-13-20(16)24)25-23(28)21(15-17-8-4-2-5-9-17)26-22(27)18-10-6-3-7-11-18/h2-15H,1H3,(H,25,28)(H,26,27)/b21-15-. The van der Waals surface area contributed by atoms with E-state index in [0.29, 0.717) is 11.3 Å². The summed E-state index contributed by atoms with van der Waals surface area (Å²) < 4.78 is 0.961. The highest BCUT2D eigenvalue weighted by atomic mass is 79.9. The van der Waals surface area contributed by atoms with E-state index in [1.54, 1.807) is 36.4 Å². The highest BCUT2D eigenvalue weighted by Gasteiger charge is 2.15. The molecule has 0 aliphatic rings. The maximum Gasteiger partial charge on any atom is 0.272 e. The number of benzene rings is 3. The molecule has 0 heterocycles. The fraction of sp³-hybridized carbons (Fsp3) is 0.0435. The van der Waals surface area contributed by atoms with Crippen molar-refractivity contribution in [2.24, 2.45) is 0 Å². The van der Waals surface area contributed by atoms with Gasteiger partial charge in [0.2, 0.25) is 0 Å². The topological polar surface area (TPSA) is 58.2 Å². The number of hydrogen-bond donors (Lipinski definition) is 2. The van der Waals surface area contributed by atoms with E-state index in [1.165, 1.54) is 0 Å². The third-order valence-electron chi connectivity index (χ3n) is 4.06. The second-order valence-electron chi connectivity index (χ2n) is 6.21. The zero-order valence-corrected chi connectivity index (χ0v) is 16.9. The smallest absolute Gasteiger partial charge is 0.272 e. The summed E-state index contributed by atoms with van der Waals surface area (Å²) in [5.74, 6) is -0.736. The number of anilines is 1. The first-order chi connectivity index (χ1) is 13.5. The molecule has 0 saturated heterocycles. The number of nitrogens with one attached hydrogen (secondary N) is 2. The zero-order chi connectivity index (χ0) is 19.9. The van der Waals surface area contributed by atoms with E-state index < -0.39 is 5.91 Å². The van der Waals surface area contributed by atoms with Crippen LogP contribution in [0.15, 0.2) is 89.0 Å². The van der Waals surface area contributed by atoms with E-state index in [9.17, 15) is 9.59 Å². The SMILES string of the molecule is Cc1cc(NC(=O)/C(=C/c2ccccc2)NC(=O)c2ccccc2)ccc1Br. The maximum atomic E-state index is 12.9. The highest BCUT2D eigenvalue weighted by molar-refractivity contribution is 9.10. The number of amides is 2. The molecule has 2 N–H and O–H groups in total. The van der Waals surface area contributed by atoms with Gasteiger partial charge in [-0.15, -0.1) is 0 Å². The molecule has 28 heavy (non-hydrogen) atoms. The molecule has 3 aromatic rings. The molecule has 0 bridgehead atoms. The summed E-state index contributed by atoms with van der Waals surface area (Å²) in [6.07, 6.45) is 1.65. The van der Waals surface area contributed by atoms with Gasteiger partial charge >= 0.3 is 0 Å². The Morgan fingerprint density at radius 3 is 2.18 bits per heavy atom. The van der Waals surface area contributed by atoms with Crippen molar-refractivity contribution in [3.63, 3.8) is 0 Å². The number of carbonyl (C=O) groups excluding carboxylic acids is 2. The molecule has 0 radical (unpaired) electrons. The minimum absolute atomic E-state index is 0.167. The molecule has 2 amide bonds. The van der Waals surface area contributed by atoms with Crippen LogP contribution in [-0.4, -0.2) is 11.8 Å². The van der Waals surface area contributed by atoms with Gasteiger partial charge in [-0.25, -0.2) is 0 Å². The number of aryl methyl sites for hydroxylation is 1. The predicted octanol–water partition coefficient (Wildman–Crippen LogP) is 5.17. The molecule has 0 saturated carbocycles. The van der Waals surface area contributed by atoms with Gasteiger partial charge in [-0.05, 0) is 54.5 Å². The van der Waals surface area contributed by atoms with Crippen LogP contribution in [0.5, 0.6) is 0 Å². The van der Waals surface area contributed by atoms with Crippen molar-refractivity contribution >= 4 is 39.5 Å². The Balaban J connectivity index is 1.87. The molecule has 5 heteroatoms. The number of halogens is 1. The largest absolute Gasteiger partial charge is 0.321 e. The minimum atomic E-state index is -0.394. The van der Waals surface area contributed by atoms with Crippen LogP contribution in [0.2, 0.25) is 0 Å². The summed E-state index contributed by atoms with van der Waals surface area (Å²) in [4.78, 5) is 25.4. The third kappa shape index (κ3) is 5.18. The van der Waals surface area contributed by atoms with Crippen molar-refractivity contribution < 1.29 is 9.59 Å². The fourth-order valence-electron chi connectivity index (χ4n) is 2.58. The van der Waals surface area contributed by atoms with Crippen LogP contribution in [0.3, 0.4) is 0 Å². The lowest BCUT2D eigenvalue weighted by molar-refractivity contribution is -0.113. The molecule has 0 atom stereocenters. The molecular weight excluding hydrogens is 416 g/mol. The minimum Gasteiger partial charge on any atom is -0.321 e. The molecule has 0 aromatic heterocycles. The molecule has 0 aliphatic heterocycles. The van der Waals surface area contributed by atoms with Crippen molar-refractivity contribution in [2.45, 2.75) is 6.92 Å². The van der Waals surface area contributed by atoms with Gasteiger partial charge in [-0.3, -0.25) is 9.59 Å². The molecule has 0 spiro atoms. The number of rotatable bonds is 5. The van der Waals surface area contributed by atoms with Crippen LogP contribution in [0.1, 0.15) is 21.5 Å². The number of carbonyl (C=O) groups is 2. The van der Waals surface area contributed by atoms with Crippen molar-refractivity contribution in [1.29, 1.82) is 0 Å². The second-order valence-corrected chi connectivity index (χ2v) is 7.06. The van der Waals surface area contributed by atoms with Crippen LogP contribution in [0.4, 0.5) is 5.69 Å². The normalized spacial score (nSPS) is 11.0. The molecular formula is C23H19BrN2O2. The van der Waals surface area contributed by atoms with E-state index >= 15 is 0 Å². The molecule has 140 valence electrons. The predicted molar refractivity (Wildman–Crippen MR) is 116 cm³/mol. The average molecular weight is 435 g/mol. The monoisotopic (exact) mass is 434 g/mol. The average Bonchev–Trinajstić information content (AvgIpc) is 2.71. The third-order valence-corrected chi connectivity index (χ3v) is 4.94. The van der Waals surface area contributed by atoms with Crippen LogP contribution >= 0.6 is 15.9 Å². The lowest BCUT2D eigenvalue weighted by Gasteiger charge is -2.12. The summed E-state index contributed by atoms with van der Waals surface area (Å²) in [6, 6.07) is 23.7. The summed E-state index contributed by atoms with van der Waals surface area (Å²) in [6.45, 7) is 1.94. The summed E-state index contributed by atoms with van der Waals surface area (Å²) in [5.41, 5.74) is 3.11. The van der Waals surface area contributed by atoms with Gasteiger partial charge in [0.25, 0.3) is 11.8 Å². The molecule has 0 aliphatic carbocycles. The van der Waals surface area contributed by atoms with Crippen molar-refractivity contribution in [3.05, 3.63) is 106 Å². The number of hydrogen-bond acceptors (Lipinski definition) is 2. The van der Waals surface area contributed by atoms with Crippen molar-refractivity contribution in [1.82, 2.24) is 5.32 Å². The van der Waals surface area contributed by atoms with Gasteiger partial charge in [-0.2, -0.15) is 0 Å². The van der Waals surface area contributed by atoms with Gasteiger partial charge in [0.1, 0.15) is 5.70 Å². The Morgan fingerprint density at radius 1 is 0.893 bits per heavy atom. The Hall–Kier alpha value is -3.18. The van der Waals surface area contributed by atoms with Crippen molar-refractivity contribution in [3.8, 4) is 0 Å². The fourth-order valence-corrected chi connectivity index (χ4v) is 2.83. The Kier molecular flexibility index (Phi) is 6.40. The van der Waals surface area contributed by atoms with Gasteiger partial charge in [0.15, 0.2) is 0 Å². The summed E-state index contributed by atoms with van der Waals surface area (Å²) >= 11 is 3.45. The van der Waals surface area contributed by atoms with Crippen molar-refractivity contribution in [2.75, 3.05) is 5.32 Å². The summed E-state index contributed by atoms with van der Waals surface area (Å²) in [7, 11) is 0. The summed E-state index contributed by atoms with van der Waals surface area (Å²) in [5, 5.41) is 5.57. The van der Waals surface area contributed by atoms with Gasteiger partial charge in [0.05, 0.1) is 0 Å². The van der Waals surface area contributed by atoms with E-state index in [1.807, 2.05) is 55.5 Å². The first kappa shape index (κ1) is 19.6. The maximum absolute atomic E-state index is 12.9. The molecule has 3 rings (SSSR count). The Bertz CT molecular complexity index is 1020. The van der Waals surface area contributed by atoms with Gasteiger partial charge in [-0.1, -0.05) is 64.5 Å². The van der Waals surface area contributed by atoms with Crippen LogP contribution in [0, 0.1) is 6.92 Å². The zero-order valence-electron chi connectivity index (χ0n) is 15.3. The van der Waals surface area contributed by atoms with E-state index in [-0.39, 0.29) is 11.6 Å². The molecule has 0 unspecified atom stereocenters. The van der Waals surface area contributed by atoms with E-state index in [2.05, 4.69) is 26.6 Å². The lowest BCUT2D eigenvalue weighted by Crippen LogP contribution is -2.30. The highest BCUT2D eigenvalue weighted by Crippen LogP contribution is 2.20. The van der Waals surface area contributed by atoms with E-state index in [0.717, 1.165) is 15.6 Å². The second kappa shape index (κ2) is 9.15. The molecule has 3 aromatic carbocycles. The van der Waals surface area contributed by atoms with Gasteiger partial charge in [0, 0.05) is 15.7 Å². The quantitative estimate of drug-likeness (QED) is 0.544. The lowest BCUT2D eigenvalue weighted by atomic mass is 10.1. The van der Waals surface area contributed by atoms with Crippen LogP contribution in [-0.2, 0) is 4.79 Å². The van der Waals surface area contributed by atoms with E-state index in [4.69, 9.17) is 0 Å². The first-order valence-electron chi connectivity index (χ1n) is 8.73. The molecule has 4 nitrogen and oxygen atoms in total.